The first-order chi connectivity index (χ1) is 25.6. The van der Waals surface area contributed by atoms with E-state index in [4.69, 9.17) is 29.8 Å². The van der Waals surface area contributed by atoms with Crippen molar-refractivity contribution in [3.05, 3.63) is 72.8 Å². The fourth-order valence-corrected chi connectivity index (χ4v) is 5.41. The number of furan rings is 2. The van der Waals surface area contributed by atoms with Crippen LogP contribution in [0.4, 0.5) is 21.5 Å². The first kappa shape index (κ1) is 35.2. The Balaban J connectivity index is 0.000000179. The molecule has 0 amide bonds. The largest absolute Gasteiger partial charge is 0.463 e. The third kappa shape index (κ3) is 7.14. The Kier molecular flexibility index (Phi) is 8.76. The maximum Gasteiger partial charge on any atom is 0.438 e. The second-order valence-electron chi connectivity index (χ2n) is 13.9. The molecule has 4 N–H and O–H groups in total. The van der Waals surface area contributed by atoms with Crippen LogP contribution >= 0.6 is 0 Å². The predicted molar refractivity (Wildman–Crippen MR) is 195 cm³/mol. The van der Waals surface area contributed by atoms with Gasteiger partial charge in [-0.1, -0.05) is 28.6 Å². The number of hydrogen-bond donors (Lipinski definition) is 2. The number of benzene rings is 1. The van der Waals surface area contributed by atoms with Crippen molar-refractivity contribution >= 4 is 57.3 Å². The molecule has 7 heterocycles. The van der Waals surface area contributed by atoms with Gasteiger partial charge in [0.15, 0.2) is 33.8 Å². The van der Waals surface area contributed by atoms with E-state index < -0.39 is 23.4 Å². The number of fused-ring (bicyclic) bond motifs is 3. The van der Waals surface area contributed by atoms with Crippen LogP contribution < -0.4 is 11.5 Å². The normalized spacial score (nSPS) is 11.9. The summed E-state index contributed by atoms with van der Waals surface area (Å²) in [6.07, 6.45) is 3.66. The van der Waals surface area contributed by atoms with Crippen LogP contribution in [-0.4, -0.2) is 77.9 Å². The van der Waals surface area contributed by atoms with E-state index in [0.29, 0.717) is 46.1 Å². The van der Waals surface area contributed by atoms with Crippen LogP contribution in [0.5, 0.6) is 0 Å². The van der Waals surface area contributed by atoms with Crippen molar-refractivity contribution in [1.29, 1.82) is 0 Å². The van der Waals surface area contributed by atoms with Crippen LogP contribution in [0.3, 0.4) is 0 Å². The van der Waals surface area contributed by atoms with E-state index in [1.807, 2.05) is 45.0 Å². The summed E-state index contributed by atoms with van der Waals surface area (Å²) in [4.78, 5) is 41.7. The lowest BCUT2D eigenvalue weighted by Gasteiger charge is -2.19. The van der Waals surface area contributed by atoms with Gasteiger partial charge in [-0.3, -0.25) is 4.57 Å². The summed E-state index contributed by atoms with van der Waals surface area (Å²) in [5.41, 5.74) is 14.2. The van der Waals surface area contributed by atoms with Crippen molar-refractivity contribution in [3.8, 4) is 22.9 Å². The third-order valence-corrected chi connectivity index (χ3v) is 7.48. The average molecular weight is 734 g/mol. The summed E-state index contributed by atoms with van der Waals surface area (Å²) in [5.74, 6) is 1.04. The number of nitrogens with zero attached hydrogens (tertiary/aromatic N) is 11. The maximum absolute atomic E-state index is 12.8. The Morgan fingerprint density at radius 1 is 0.704 bits per heavy atom. The lowest BCUT2D eigenvalue weighted by atomic mass is 10.2. The van der Waals surface area contributed by atoms with Crippen LogP contribution in [0.2, 0.25) is 0 Å². The fourth-order valence-electron chi connectivity index (χ4n) is 5.41. The molecule has 1 aromatic carbocycles. The number of nitrogens with two attached hydrogens (primary N) is 2. The van der Waals surface area contributed by atoms with Crippen molar-refractivity contribution in [3.63, 3.8) is 0 Å². The molecule has 276 valence electrons. The molecule has 0 saturated heterocycles. The zero-order valence-electron chi connectivity index (χ0n) is 30.1. The van der Waals surface area contributed by atoms with Gasteiger partial charge in [-0.25, -0.2) is 24.2 Å². The van der Waals surface area contributed by atoms with Crippen molar-refractivity contribution in [2.24, 2.45) is 0 Å². The third-order valence-electron chi connectivity index (χ3n) is 7.48. The number of nitrogen functional groups attached to an aromatic ring is 2. The van der Waals surface area contributed by atoms with Gasteiger partial charge in [0.1, 0.15) is 22.6 Å². The van der Waals surface area contributed by atoms with Gasteiger partial charge < -0.3 is 29.8 Å². The molecular formula is C35H35N13O6. The van der Waals surface area contributed by atoms with Crippen LogP contribution in [0.1, 0.15) is 47.1 Å². The van der Waals surface area contributed by atoms with Gasteiger partial charge in [0, 0.05) is 11.6 Å². The molecule has 0 unspecified atom stereocenters. The highest BCUT2D eigenvalue weighted by Crippen LogP contribution is 2.29. The van der Waals surface area contributed by atoms with E-state index >= 15 is 0 Å². The predicted octanol–water partition coefficient (Wildman–Crippen LogP) is 5.70. The molecule has 19 nitrogen and oxygen atoms in total. The highest BCUT2D eigenvalue weighted by atomic mass is 16.6. The highest BCUT2D eigenvalue weighted by Gasteiger charge is 2.25. The summed E-state index contributed by atoms with van der Waals surface area (Å²) < 4.78 is 25.7. The number of carbonyl (C=O) groups is 2. The van der Waals surface area contributed by atoms with Crippen LogP contribution in [0, 0.1) is 0 Å². The number of anilines is 2. The van der Waals surface area contributed by atoms with E-state index in [-0.39, 0.29) is 17.5 Å². The highest BCUT2D eigenvalue weighted by molar-refractivity contribution is 5.93. The Morgan fingerprint density at radius 2 is 1.26 bits per heavy atom. The van der Waals surface area contributed by atoms with Crippen molar-refractivity contribution in [2.75, 3.05) is 11.5 Å². The second-order valence-corrected chi connectivity index (χ2v) is 13.9. The molecule has 0 bridgehead atoms. The van der Waals surface area contributed by atoms with Gasteiger partial charge in [0.05, 0.1) is 24.6 Å². The van der Waals surface area contributed by atoms with E-state index in [1.165, 1.54) is 10.8 Å². The lowest BCUT2D eigenvalue weighted by Crippen LogP contribution is -2.28. The maximum atomic E-state index is 12.8. The van der Waals surface area contributed by atoms with Crippen molar-refractivity contribution in [2.45, 2.75) is 59.3 Å². The van der Waals surface area contributed by atoms with Crippen LogP contribution in [-0.2, 0) is 16.0 Å². The van der Waals surface area contributed by atoms with Gasteiger partial charge in [-0.05, 0) is 77.4 Å². The van der Waals surface area contributed by atoms with E-state index in [0.717, 1.165) is 21.1 Å². The summed E-state index contributed by atoms with van der Waals surface area (Å²) in [7, 11) is 0. The van der Waals surface area contributed by atoms with Crippen molar-refractivity contribution < 1.29 is 27.9 Å². The molecule has 0 aliphatic carbocycles. The fraction of sp³-hybridized carbons (Fsp3) is 0.257. The first-order valence-electron chi connectivity index (χ1n) is 16.5. The number of carbonyl (C=O) groups excluding carboxylic acids is 2. The minimum absolute atomic E-state index is 0.0222. The number of ether oxygens (including phenoxy) is 2. The van der Waals surface area contributed by atoms with Gasteiger partial charge in [-0.2, -0.15) is 9.97 Å². The first-order valence-corrected chi connectivity index (χ1v) is 16.5. The quantitative estimate of drug-likeness (QED) is 0.220. The second kappa shape index (κ2) is 13.4. The summed E-state index contributed by atoms with van der Waals surface area (Å²) in [6, 6.07) is 14.6. The molecule has 7 aromatic heterocycles. The van der Waals surface area contributed by atoms with E-state index in [2.05, 4.69) is 40.6 Å². The molecule has 54 heavy (non-hydrogen) atoms. The smallest absolute Gasteiger partial charge is 0.438 e. The van der Waals surface area contributed by atoms with Crippen LogP contribution in [0.15, 0.2) is 76.1 Å². The minimum Gasteiger partial charge on any atom is -0.463 e. The number of hydrogen-bond acceptors (Lipinski definition) is 16. The summed E-state index contributed by atoms with van der Waals surface area (Å²) in [5, 5.41) is 17.1. The molecule has 0 fully saturated rings. The summed E-state index contributed by atoms with van der Waals surface area (Å²) >= 11 is 0. The molecular weight excluding hydrogens is 698 g/mol. The van der Waals surface area contributed by atoms with E-state index in [9.17, 15) is 9.59 Å². The molecule has 0 saturated carbocycles. The molecule has 0 spiro atoms. The molecule has 8 rings (SSSR count). The molecule has 0 radical (unpaired) electrons. The number of rotatable bonds is 4. The SMILES string of the molecule is CC(C)(C)OC(=O)n1cc(Cn2nnc3c(-c4ccco4)nc(N)nc32)c2ccccc21.CC(C)(C)OC(=O)n1nnc2c(-c3ccco3)nc(N)nc21. The zero-order chi connectivity index (χ0) is 38.4. The standard InChI is InChI=1S/C22H21N7O3.C13H14N6O3/c1-22(2,3)32-21(30)28-11-13(14-7-4-5-8-15(14)28)12-29-19-18(26-27-29)17(24-20(23)25-19)16-9-6-10-31-16;1-13(2,3)22-12(20)19-10-9(17-18-19)8(15-11(14)16-10)7-5-4-6-21-7/h4-11H,12H2,1-3H3,(H2,23,24,25);4-6H,1-3H3,(H2,14,15,16). The number of para-hydroxylation sites is 1. The average Bonchev–Trinajstić information content (AvgIpc) is 3.94. The Hall–Kier alpha value is -7.18. The van der Waals surface area contributed by atoms with Crippen LogP contribution in [0.25, 0.3) is 56.1 Å². The van der Waals surface area contributed by atoms with Gasteiger partial charge in [0.2, 0.25) is 11.9 Å². The zero-order valence-corrected chi connectivity index (χ0v) is 30.1. The van der Waals surface area contributed by atoms with E-state index in [1.54, 1.807) is 62.2 Å². The van der Waals surface area contributed by atoms with Crippen molar-refractivity contribution in [1.82, 2.24) is 54.5 Å². The Bertz CT molecular complexity index is 2630. The summed E-state index contributed by atoms with van der Waals surface area (Å²) in [6.45, 7) is 11.1. The van der Waals surface area contributed by atoms with Gasteiger partial charge in [0.25, 0.3) is 0 Å². The van der Waals surface area contributed by atoms with Gasteiger partial charge in [-0.15, -0.1) is 14.9 Å². The monoisotopic (exact) mass is 733 g/mol. The topological polar surface area (TPSA) is 249 Å². The number of aromatic nitrogens is 11. The Labute approximate surface area is 305 Å². The molecule has 19 heteroatoms. The molecule has 0 aliphatic rings. The Morgan fingerprint density at radius 3 is 1.85 bits per heavy atom. The minimum atomic E-state index is -0.696. The van der Waals surface area contributed by atoms with Gasteiger partial charge >= 0.3 is 12.2 Å². The molecule has 0 aliphatic heterocycles. The lowest BCUT2D eigenvalue weighted by molar-refractivity contribution is 0.0514. The molecule has 8 aromatic rings. The molecule has 0 atom stereocenters.